The third-order valence-corrected chi connectivity index (χ3v) is 5.15. The minimum atomic E-state index is -0.216. The largest absolute Gasteiger partial charge is 0.467 e. The fourth-order valence-corrected chi connectivity index (χ4v) is 3.70. The lowest BCUT2D eigenvalue weighted by atomic mass is 9.99. The predicted octanol–water partition coefficient (Wildman–Crippen LogP) is 2.80. The van der Waals surface area contributed by atoms with Gasteiger partial charge in [0.25, 0.3) is 11.5 Å². The summed E-state index contributed by atoms with van der Waals surface area (Å²) in [5, 5.41) is 3.38. The van der Waals surface area contributed by atoms with Crippen LogP contribution in [0.4, 0.5) is 0 Å². The molecule has 27 heavy (non-hydrogen) atoms. The molecule has 146 valence electrons. The molecule has 0 saturated carbocycles. The van der Waals surface area contributed by atoms with E-state index >= 15 is 0 Å². The summed E-state index contributed by atoms with van der Waals surface area (Å²) in [5.74, 6) is 0.933. The minimum absolute atomic E-state index is 0.189. The number of furan rings is 1. The van der Waals surface area contributed by atoms with Crippen LogP contribution in [0.2, 0.25) is 0 Å². The van der Waals surface area contributed by atoms with E-state index in [1.54, 1.807) is 15.7 Å². The van der Waals surface area contributed by atoms with Crippen molar-refractivity contribution in [1.29, 1.82) is 0 Å². The third kappa shape index (κ3) is 4.69. The molecule has 0 aromatic carbocycles. The molecule has 1 amide bonds. The Balaban J connectivity index is 1.85. The first-order chi connectivity index (χ1) is 13.1. The van der Waals surface area contributed by atoms with Crippen molar-refractivity contribution in [3.63, 3.8) is 0 Å². The zero-order chi connectivity index (χ0) is 19.2. The lowest BCUT2D eigenvalue weighted by Crippen LogP contribution is -2.39. The number of pyridine rings is 1. The second-order valence-corrected chi connectivity index (χ2v) is 7.35. The van der Waals surface area contributed by atoms with Gasteiger partial charge in [-0.25, -0.2) is 0 Å². The zero-order valence-electron chi connectivity index (χ0n) is 16.2. The molecule has 2 aromatic heterocycles. The van der Waals surface area contributed by atoms with Gasteiger partial charge in [0.1, 0.15) is 11.3 Å². The number of hydrogen-bond acceptors (Lipinski definition) is 4. The molecule has 1 fully saturated rings. The van der Waals surface area contributed by atoms with Gasteiger partial charge in [-0.3, -0.25) is 9.59 Å². The molecule has 1 saturated heterocycles. The summed E-state index contributed by atoms with van der Waals surface area (Å²) in [5.41, 5.74) is 0.816. The van der Waals surface area contributed by atoms with Crippen LogP contribution in [0.1, 0.15) is 47.9 Å². The second kappa shape index (κ2) is 9.04. The average Bonchev–Trinajstić information content (AvgIpc) is 3.18. The standard InChI is InChI=1S/C21H29N3O3/c1-3-10-23(15-18-7-5-12-27-18)20(25)19-16(2)8-11-24(21(19)26)14-17-6-4-9-22-13-17/h5,7-8,11-12,17,22H,3-4,6,9-10,13-15H2,1-2H3. The lowest BCUT2D eigenvalue weighted by Gasteiger charge is -2.25. The lowest BCUT2D eigenvalue weighted by molar-refractivity contribution is 0.0728. The number of carbonyl (C=O) groups excluding carboxylic acids is 1. The Labute approximate surface area is 160 Å². The quantitative estimate of drug-likeness (QED) is 0.813. The van der Waals surface area contributed by atoms with Gasteiger partial charge in [-0.1, -0.05) is 6.92 Å². The Morgan fingerprint density at radius 2 is 2.26 bits per heavy atom. The van der Waals surface area contributed by atoms with Crippen molar-refractivity contribution >= 4 is 5.91 Å². The van der Waals surface area contributed by atoms with Crippen LogP contribution in [0.25, 0.3) is 0 Å². The molecule has 1 aliphatic rings. The van der Waals surface area contributed by atoms with E-state index in [1.165, 1.54) is 0 Å². The minimum Gasteiger partial charge on any atom is -0.467 e. The summed E-state index contributed by atoms with van der Waals surface area (Å²) >= 11 is 0. The summed E-state index contributed by atoms with van der Waals surface area (Å²) in [6.45, 7) is 7.43. The maximum Gasteiger partial charge on any atom is 0.263 e. The highest BCUT2D eigenvalue weighted by atomic mass is 16.3. The molecule has 0 bridgehead atoms. The molecule has 0 aliphatic carbocycles. The molecule has 6 heteroatoms. The van der Waals surface area contributed by atoms with Crippen molar-refractivity contribution in [2.45, 2.75) is 46.2 Å². The highest BCUT2D eigenvalue weighted by Gasteiger charge is 2.23. The Morgan fingerprint density at radius 1 is 1.41 bits per heavy atom. The van der Waals surface area contributed by atoms with Crippen LogP contribution < -0.4 is 10.9 Å². The number of rotatable bonds is 7. The van der Waals surface area contributed by atoms with E-state index in [2.05, 4.69) is 5.32 Å². The van der Waals surface area contributed by atoms with E-state index in [0.717, 1.165) is 43.7 Å². The molecule has 0 spiro atoms. The molecule has 6 nitrogen and oxygen atoms in total. The van der Waals surface area contributed by atoms with Gasteiger partial charge in [0.15, 0.2) is 0 Å². The number of nitrogens with one attached hydrogen (secondary N) is 1. The van der Waals surface area contributed by atoms with Crippen molar-refractivity contribution in [2.24, 2.45) is 5.92 Å². The van der Waals surface area contributed by atoms with Gasteiger partial charge in [0, 0.05) is 19.3 Å². The molecule has 2 aromatic rings. The van der Waals surface area contributed by atoms with Gasteiger partial charge in [-0.15, -0.1) is 0 Å². The van der Waals surface area contributed by atoms with Crippen molar-refractivity contribution < 1.29 is 9.21 Å². The van der Waals surface area contributed by atoms with Gasteiger partial charge in [-0.05, 0) is 69.0 Å². The van der Waals surface area contributed by atoms with Gasteiger partial charge in [0.2, 0.25) is 0 Å². The van der Waals surface area contributed by atoms with E-state index < -0.39 is 0 Å². The Kier molecular flexibility index (Phi) is 6.50. The van der Waals surface area contributed by atoms with Crippen molar-refractivity contribution in [1.82, 2.24) is 14.8 Å². The Bertz CT molecular complexity index is 805. The molecule has 1 aliphatic heterocycles. The smallest absolute Gasteiger partial charge is 0.263 e. The van der Waals surface area contributed by atoms with Crippen molar-refractivity contribution in [3.8, 4) is 0 Å². The molecule has 1 atom stereocenters. The zero-order valence-corrected chi connectivity index (χ0v) is 16.2. The number of carbonyl (C=O) groups is 1. The molecule has 0 radical (unpaired) electrons. The summed E-state index contributed by atoms with van der Waals surface area (Å²) < 4.78 is 7.10. The van der Waals surface area contributed by atoms with Crippen LogP contribution in [0.5, 0.6) is 0 Å². The second-order valence-electron chi connectivity index (χ2n) is 7.35. The molecule has 1 unspecified atom stereocenters. The van der Waals surface area contributed by atoms with Gasteiger partial charge < -0.3 is 19.2 Å². The van der Waals surface area contributed by atoms with Crippen molar-refractivity contribution in [2.75, 3.05) is 19.6 Å². The van der Waals surface area contributed by atoms with Crippen LogP contribution in [-0.2, 0) is 13.1 Å². The average molecular weight is 371 g/mol. The molecule has 3 heterocycles. The van der Waals surface area contributed by atoms with E-state index in [9.17, 15) is 9.59 Å². The number of hydrogen-bond donors (Lipinski definition) is 1. The first-order valence-electron chi connectivity index (χ1n) is 9.82. The SMILES string of the molecule is CCCN(Cc1ccco1)C(=O)c1c(C)ccn(CC2CCCNC2)c1=O. The van der Waals surface area contributed by atoms with Crippen LogP contribution >= 0.6 is 0 Å². The highest BCUT2D eigenvalue weighted by Crippen LogP contribution is 2.15. The van der Waals surface area contributed by atoms with Gasteiger partial charge in [0.05, 0.1) is 12.8 Å². The topological polar surface area (TPSA) is 67.5 Å². The van der Waals surface area contributed by atoms with E-state index in [1.807, 2.05) is 38.2 Å². The van der Waals surface area contributed by atoms with Gasteiger partial charge >= 0.3 is 0 Å². The molecular formula is C21H29N3O3. The summed E-state index contributed by atoms with van der Waals surface area (Å²) in [7, 11) is 0. The van der Waals surface area contributed by atoms with Crippen LogP contribution in [0, 0.1) is 12.8 Å². The van der Waals surface area contributed by atoms with Gasteiger partial charge in [-0.2, -0.15) is 0 Å². The van der Waals surface area contributed by atoms with Crippen LogP contribution in [-0.4, -0.2) is 35.0 Å². The summed E-state index contributed by atoms with van der Waals surface area (Å²) in [6.07, 6.45) is 6.48. The number of aryl methyl sites for hydroxylation is 1. The number of piperidine rings is 1. The number of nitrogens with zero attached hydrogens (tertiary/aromatic N) is 2. The number of aromatic nitrogens is 1. The third-order valence-electron chi connectivity index (χ3n) is 5.15. The summed E-state index contributed by atoms with van der Waals surface area (Å²) in [6, 6.07) is 5.53. The number of amides is 1. The van der Waals surface area contributed by atoms with E-state index in [4.69, 9.17) is 4.42 Å². The predicted molar refractivity (Wildman–Crippen MR) is 105 cm³/mol. The maximum atomic E-state index is 13.2. The molecule has 3 rings (SSSR count). The van der Waals surface area contributed by atoms with Crippen LogP contribution in [0.15, 0.2) is 39.9 Å². The molecular weight excluding hydrogens is 342 g/mol. The maximum absolute atomic E-state index is 13.2. The fraction of sp³-hybridized carbons (Fsp3) is 0.524. The molecule has 1 N–H and O–H groups in total. The first kappa shape index (κ1) is 19.4. The summed E-state index contributed by atoms with van der Waals surface area (Å²) in [4.78, 5) is 28.0. The van der Waals surface area contributed by atoms with E-state index in [-0.39, 0.29) is 17.0 Å². The van der Waals surface area contributed by atoms with E-state index in [0.29, 0.717) is 25.6 Å². The van der Waals surface area contributed by atoms with Crippen LogP contribution in [0.3, 0.4) is 0 Å². The monoisotopic (exact) mass is 371 g/mol. The first-order valence-corrected chi connectivity index (χ1v) is 9.82. The normalized spacial score (nSPS) is 17.0. The Hall–Kier alpha value is -2.34. The highest BCUT2D eigenvalue weighted by molar-refractivity contribution is 5.95. The van der Waals surface area contributed by atoms with Crippen molar-refractivity contribution in [3.05, 3.63) is 57.9 Å². The Morgan fingerprint density at radius 3 is 2.93 bits per heavy atom. The fourth-order valence-electron chi connectivity index (χ4n) is 3.70.